The van der Waals surface area contributed by atoms with E-state index in [-0.39, 0.29) is 0 Å². The van der Waals surface area contributed by atoms with E-state index in [4.69, 9.17) is 0 Å². The van der Waals surface area contributed by atoms with E-state index < -0.39 is 23.1 Å². The molecule has 4 aromatic carbocycles. The van der Waals surface area contributed by atoms with Crippen molar-refractivity contribution in [3.05, 3.63) is 153 Å². The molecule has 40 heavy (non-hydrogen) atoms. The number of carbonyl (C=O) groups excluding carboxylic acids is 4. The zero-order chi connectivity index (χ0) is 28.6. The number of Topliss-reactive ketones (excluding diaryl/α,β-unsaturated/α-hetero) is 4. The fraction of sp³-hybridized carbons (Fsp3) is 0.111. The van der Waals surface area contributed by atoms with Crippen LogP contribution in [-0.4, -0.2) is 23.1 Å². The van der Waals surface area contributed by atoms with Crippen LogP contribution in [0.2, 0.25) is 0 Å². The van der Waals surface area contributed by atoms with Crippen molar-refractivity contribution in [1.29, 1.82) is 0 Å². The lowest BCUT2D eigenvalue weighted by Crippen LogP contribution is -2.23. The van der Waals surface area contributed by atoms with Gasteiger partial charge in [-0.3, -0.25) is 19.2 Å². The molecule has 0 fully saturated rings. The Morgan fingerprint density at radius 2 is 0.725 bits per heavy atom. The maximum atomic E-state index is 12.2. The Morgan fingerprint density at radius 3 is 1.07 bits per heavy atom. The second kappa shape index (κ2) is 10.7. The summed E-state index contributed by atoms with van der Waals surface area (Å²) in [5, 5.41) is 0. The van der Waals surface area contributed by atoms with Gasteiger partial charge in [0.25, 0.3) is 0 Å². The summed E-state index contributed by atoms with van der Waals surface area (Å²) in [4.78, 5) is 48.7. The Balaban J connectivity index is 0.000000161. The molecule has 4 nitrogen and oxygen atoms in total. The van der Waals surface area contributed by atoms with Crippen LogP contribution in [0.3, 0.4) is 0 Å². The predicted octanol–water partition coefficient (Wildman–Crippen LogP) is 7.16. The minimum absolute atomic E-state index is 0.401. The molecule has 0 amide bonds. The molecule has 4 heteroatoms. The molecule has 0 radical (unpaired) electrons. The first-order valence-electron chi connectivity index (χ1n) is 13.1. The van der Waals surface area contributed by atoms with Gasteiger partial charge >= 0.3 is 0 Å². The van der Waals surface area contributed by atoms with Crippen LogP contribution < -0.4 is 0 Å². The number of carbonyl (C=O) groups is 4. The zero-order valence-corrected chi connectivity index (χ0v) is 22.9. The van der Waals surface area contributed by atoms with Gasteiger partial charge < -0.3 is 0 Å². The standard InChI is InChI=1S/2C18H14O2/c2*1-11-8-9-14-15(10-11)18(20)17(19)12(2)16(14)13-6-4-3-5-7-13/h2*3-10H,1-2H3. The monoisotopic (exact) mass is 524 g/mol. The van der Waals surface area contributed by atoms with Crippen molar-refractivity contribution in [2.75, 3.05) is 0 Å². The second-order valence-corrected chi connectivity index (χ2v) is 10.1. The zero-order valence-electron chi connectivity index (χ0n) is 22.9. The van der Waals surface area contributed by atoms with Gasteiger partial charge in [-0.2, -0.15) is 0 Å². The van der Waals surface area contributed by atoms with E-state index in [1.807, 2.05) is 98.8 Å². The van der Waals surface area contributed by atoms with Gasteiger partial charge in [0.1, 0.15) is 0 Å². The molecule has 0 aliphatic heterocycles. The van der Waals surface area contributed by atoms with Gasteiger partial charge in [-0.1, -0.05) is 96.1 Å². The summed E-state index contributed by atoms with van der Waals surface area (Å²) in [6.45, 7) is 7.30. The summed E-state index contributed by atoms with van der Waals surface area (Å²) in [7, 11) is 0. The number of aryl methyl sites for hydroxylation is 2. The van der Waals surface area contributed by atoms with Crippen molar-refractivity contribution in [3.8, 4) is 0 Å². The predicted molar refractivity (Wildman–Crippen MR) is 157 cm³/mol. The lowest BCUT2D eigenvalue weighted by Gasteiger charge is -2.20. The highest BCUT2D eigenvalue weighted by Gasteiger charge is 2.32. The smallest absolute Gasteiger partial charge is 0.233 e. The number of hydrogen-bond donors (Lipinski definition) is 0. The maximum absolute atomic E-state index is 12.2. The SMILES string of the molecule is CC1=C(c2ccccc2)c2ccc(C)cc2C(=O)C1=O.CC1=C(c2ccccc2)c2ccc(C)cc2C(=O)C1=O. The van der Waals surface area contributed by atoms with Gasteiger partial charge in [-0.15, -0.1) is 0 Å². The maximum Gasteiger partial charge on any atom is 0.233 e. The van der Waals surface area contributed by atoms with Crippen molar-refractivity contribution >= 4 is 34.3 Å². The summed E-state index contributed by atoms with van der Waals surface area (Å²) < 4.78 is 0. The van der Waals surface area contributed by atoms with Crippen molar-refractivity contribution < 1.29 is 19.2 Å². The first-order chi connectivity index (χ1) is 19.2. The molecule has 6 rings (SSSR count). The number of ketones is 4. The second-order valence-electron chi connectivity index (χ2n) is 10.1. The highest BCUT2D eigenvalue weighted by Crippen LogP contribution is 2.36. The molecule has 0 spiro atoms. The minimum Gasteiger partial charge on any atom is -0.285 e. The molecule has 2 aliphatic rings. The fourth-order valence-electron chi connectivity index (χ4n) is 5.30. The minimum atomic E-state index is -0.402. The van der Waals surface area contributed by atoms with Crippen LogP contribution in [0.5, 0.6) is 0 Å². The van der Waals surface area contributed by atoms with Crippen molar-refractivity contribution in [1.82, 2.24) is 0 Å². The number of hydrogen-bond acceptors (Lipinski definition) is 4. The summed E-state index contributed by atoms with van der Waals surface area (Å²) in [5.41, 5.74) is 9.41. The molecule has 0 saturated heterocycles. The van der Waals surface area contributed by atoms with Crippen LogP contribution >= 0.6 is 0 Å². The van der Waals surface area contributed by atoms with Gasteiger partial charge in [-0.05, 0) is 73.2 Å². The topological polar surface area (TPSA) is 68.3 Å². The number of fused-ring (bicyclic) bond motifs is 2. The van der Waals surface area contributed by atoms with Crippen LogP contribution in [0.15, 0.2) is 108 Å². The highest BCUT2D eigenvalue weighted by molar-refractivity contribution is 6.53. The molecular weight excluding hydrogens is 496 g/mol. The first-order valence-corrected chi connectivity index (χ1v) is 13.1. The molecule has 0 unspecified atom stereocenters. The summed E-state index contributed by atoms with van der Waals surface area (Å²) in [6.07, 6.45) is 0. The Labute approximate surface area is 233 Å². The van der Waals surface area contributed by atoms with Gasteiger partial charge in [-0.25, -0.2) is 0 Å². The van der Waals surface area contributed by atoms with E-state index in [2.05, 4.69) is 0 Å². The van der Waals surface area contributed by atoms with Crippen molar-refractivity contribution in [3.63, 3.8) is 0 Å². The molecule has 0 saturated carbocycles. The molecule has 196 valence electrons. The highest BCUT2D eigenvalue weighted by atomic mass is 16.2. The summed E-state index contributed by atoms with van der Waals surface area (Å²) in [5.74, 6) is -1.61. The van der Waals surface area contributed by atoms with Gasteiger partial charge in [0.2, 0.25) is 23.1 Å². The van der Waals surface area contributed by atoms with Crippen LogP contribution in [0.25, 0.3) is 11.1 Å². The van der Waals surface area contributed by atoms with Gasteiger partial charge in [0.15, 0.2) is 0 Å². The van der Waals surface area contributed by atoms with E-state index in [1.165, 1.54) is 0 Å². The Hall–Kier alpha value is -4.96. The molecule has 4 aromatic rings. The molecular formula is C36H28O4. The largest absolute Gasteiger partial charge is 0.285 e. The summed E-state index contributed by atoms with van der Waals surface area (Å²) in [6, 6.07) is 30.9. The number of benzene rings is 4. The Kier molecular flexibility index (Phi) is 7.10. The Bertz CT molecular complexity index is 1640. The normalized spacial score (nSPS) is 14.5. The van der Waals surface area contributed by atoms with Gasteiger partial charge in [0, 0.05) is 22.3 Å². The third-order valence-electron chi connectivity index (χ3n) is 7.35. The van der Waals surface area contributed by atoms with Crippen molar-refractivity contribution in [2.24, 2.45) is 0 Å². The van der Waals surface area contributed by atoms with Crippen molar-refractivity contribution in [2.45, 2.75) is 27.7 Å². The molecule has 0 heterocycles. The van der Waals surface area contributed by atoms with E-state index in [9.17, 15) is 19.2 Å². The summed E-state index contributed by atoms with van der Waals surface area (Å²) >= 11 is 0. The van der Waals surface area contributed by atoms with E-state index in [0.717, 1.165) is 44.5 Å². The first kappa shape index (κ1) is 26.6. The molecule has 0 N–H and O–H groups in total. The van der Waals surface area contributed by atoms with Crippen LogP contribution in [0, 0.1) is 13.8 Å². The molecule has 0 aromatic heterocycles. The molecule has 2 aliphatic carbocycles. The lowest BCUT2D eigenvalue weighted by atomic mass is 9.81. The Morgan fingerprint density at radius 1 is 0.375 bits per heavy atom. The quantitative estimate of drug-likeness (QED) is 0.261. The fourth-order valence-corrected chi connectivity index (χ4v) is 5.30. The molecule has 0 atom stereocenters. The number of allylic oxidation sites excluding steroid dienone is 2. The van der Waals surface area contributed by atoms with E-state index >= 15 is 0 Å². The van der Waals surface area contributed by atoms with Crippen LogP contribution in [0.4, 0.5) is 0 Å². The van der Waals surface area contributed by atoms with Crippen LogP contribution in [-0.2, 0) is 9.59 Å². The van der Waals surface area contributed by atoms with E-state index in [0.29, 0.717) is 22.3 Å². The average Bonchev–Trinajstić information content (AvgIpc) is 2.97. The van der Waals surface area contributed by atoms with Gasteiger partial charge in [0.05, 0.1) is 0 Å². The lowest BCUT2D eigenvalue weighted by molar-refractivity contribution is -0.112. The van der Waals surface area contributed by atoms with E-state index in [1.54, 1.807) is 26.0 Å². The third-order valence-corrected chi connectivity index (χ3v) is 7.35. The average molecular weight is 525 g/mol. The van der Waals surface area contributed by atoms with Crippen LogP contribution in [0.1, 0.15) is 67.9 Å². The number of rotatable bonds is 2. The molecule has 0 bridgehead atoms. The third kappa shape index (κ3) is 4.69.